The quantitative estimate of drug-likeness (QED) is 0.741. The summed E-state index contributed by atoms with van der Waals surface area (Å²) in [6, 6.07) is 1.40. The van der Waals surface area contributed by atoms with Crippen LogP contribution < -0.4 is 5.56 Å². The predicted octanol–water partition coefficient (Wildman–Crippen LogP) is 2.26. The van der Waals surface area contributed by atoms with Crippen molar-refractivity contribution in [3.05, 3.63) is 27.4 Å². The van der Waals surface area contributed by atoms with Gasteiger partial charge in [-0.2, -0.15) is 0 Å². The van der Waals surface area contributed by atoms with Crippen molar-refractivity contribution < 1.29 is 0 Å². The molecule has 0 amide bonds. The van der Waals surface area contributed by atoms with E-state index in [9.17, 15) is 4.79 Å². The summed E-state index contributed by atoms with van der Waals surface area (Å²) in [5.41, 5.74) is -0.0150. The van der Waals surface area contributed by atoms with E-state index in [0.29, 0.717) is 11.1 Å². The Morgan fingerprint density at radius 1 is 1.60 bits per heavy atom. The molecule has 1 saturated carbocycles. The van der Waals surface area contributed by atoms with Crippen LogP contribution in [0.25, 0.3) is 0 Å². The van der Waals surface area contributed by atoms with Gasteiger partial charge in [-0.15, -0.1) is 0 Å². The number of aromatic nitrogens is 2. The maximum atomic E-state index is 11.7. The molecule has 0 spiro atoms. The van der Waals surface area contributed by atoms with Crippen LogP contribution in [0.4, 0.5) is 0 Å². The zero-order valence-corrected chi connectivity index (χ0v) is 9.63. The van der Waals surface area contributed by atoms with Crippen molar-refractivity contribution >= 4 is 11.6 Å². The molecular weight excluding hydrogens is 212 g/mol. The van der Waals surface area contributed by atoms with Gasteiger partial charge in [-0.05, 0) is 18.8 Å². The minimum absolute atomic E-state index is 0.0150. The normalized spacial score (nSPS) is 16.4. The molecule has 4 heteroatoms. The summed E-state index contributed by atoms with van der Waals surface area (Å²) in [5, 5.41) is 0.307. The maximum Gasteiger partial charge on any atom is 0.254 e. The van der Waals surface area contributed by atoms with Crippen LogP contribution in [0, 0.1) is 5.92 Å². The third kappa shape index (κ3) is 2.23. The lowest BCUT2D eigenvalue weighted by Gasteiger charge is -2.26. The van der Waals surface area contributed by atoms with Gasteiger partial charge < -0.3 is 0 Å². The molecule has 1 aliphatic carbocycles. The zero-order valence-electron chi connectivity index (χ0n) is 8.87. The molecule has 0 N–H and O–H groups in total. The molecule has 0 bridgehead atoms. The smallest absolute Gasteiger partial charge is 0.254 e. The van der Waals surface area contributed by atoms with Crippen molar-refractivity contribution in [2.45, 2.75) is 39.2 Å². The molecular formula is C11H15ClN2O. The average molecular weight is 227 g/mol. The molecule has 1 aliphatic rings. The highest BCUT2D eigenvalue weighted by Crippen LogP contribution is 2.27. The van der Waals surface area contributed by atoms with E-state index >= 15 is 0 Å². The molecule has 1 aromatic rings. The van der Waals surface area contributed by atoms with Gasteiger partial charge in [0.1, 0.15) is 11.0 Å². The van der Waals surface area contributed by atoms with Gasteiger partial charge in [0, 0.05) is 19.0 Å². The van der Waals surface area contributed by atoms with Crippen LogP contribution in [-0.2, 0) is 13.0 Å². The number of aryl methyl sites for hydroxylation is 1. The fourth-order valence-electron chi connectivity index (χ4n) is 1.92. The molecule has 0 radical (unpaired) electrons. The van der Waals surface area contributed by atoms with Gasteiger partial charge in [0.25, 0.3) is 5.56 Å². The fourth-order valence-corrected chi connectivity index (χ4v) is 2.11. The highest BCUT2D eigenvalue weighted by atomic mass is 35.5. The second kappa shape index (κ2) is 4.35. The summed E-state index contributed by atoms with van der Waals surface area (Å²) in [7, 11) is 0. The van der Waals surface area contributed by atoms with E-state index in [2.05, 4.69) is 4.98 Å². The zero-order chi connectivity index (χ0) is 10.8. The van der Waals surface area contributed by atoms with Crippen LogP contribution in [0.2, 0.25) is 5.15 Å². The molecule has 0 aliphatic heterocycles. The second-order valence-corrected chi connectivity index (χ2v) is 4.48. The largest absolute Gasteiger partial charge is 0.296 e. The Balaban J connectivity index is 2.30. The number of nitrogens with zero attached hydrogens (tertiary/aromatic N) is 2. The first-order chi connectivity index (χ1) is 7.20. The molecule has 1 fully saturated rings. The van der Waals surface area contributed by atoms with E-state index in [1.807, 2.05) is 6.92 Å². The van der Waals surface area contributed by atoms with E-state index in [0.717, 1.165) is 18.8 Å². The summed E-state index contributed by atoms with van der Waals surface area (Å²) in [6.45, 7) is 2.81. The van der Waals surface area contributed by atoms with Crippen LogP contribution >= 0.6 is 11.6 Å². The molecule has 2 rings (SSSR count). The van der Waals surface area contributed by atoms with Gasteiger partial charge in [-0.1, -0.05) is 24.9 Å². The van der Waals surface area contributed by atoms with Gasteiger partial charge >= 0.3 is 0 Å². The maximum absolute atomic E-state index is 11.7. The molecule has 15 heavy (non-hydrogen) atoms. The van der Waals surface area contributed by atoms with Crippen LogP contribution in [0.1, 0.15) is 32.0 Å². The lowest BCUT2D eigenvalue weighted by atomic mass is 9.85. The van der Waals surface area contributed by atoms with Crippen LogP contribution in [0.3, 0.4) is 0 Å². The molecule has 0 unspecified atom stereocenters. The fraction of sp³-hybridized carbons (Fsp3) is 0.636. The molecule has 0 saturated heterocycles. The number of halogens is 1. The summed E-state index contributed by atoms with van der Waals surface area (Å²) < 4.78 is 1.77. The van der Waals surface area contributed by atoms with Gasteiger partial charge in [0.2, 0.25) is 0 Å². The Morgan fingerprint density at radius 2 is 2.33 bits per heavy atom. The van der Waals surface area contributed by atoms with Gasteiger partial charge in [-0.25, -0.2) is 4.98 Å². The first-order valence-electron chi connectivity index (χ1n) is 5.47. The topological polar surface area (TPSA) is 34.9 Å². The Bertz CT molecular complexity index is 410. The second-order valence-electron chi connectivity index (χ2n) is 4.09. The molecule has 0 atom stereocenters. The van der Waals surface area contributed by atoms with Crippen molar-refractivity contribution in [1.82, 2.24) is 9.55 Å². The monoisotopic (exact) mass is 226 g/mol. The highest BCUT2D eigenvalue weighted by molar-refractivity contribution is 6.29. The Morgan fingerprint density at radius 3 is 2.87 bits per heavy atom. The Kier molecular flexibility index (Phi) is 3.10. The van der Waals surface area contributed by atoms with Crippen molar-refractivity contribution in [3.8, 4) is 0 Å². The van der Waals surface area contributed by atoms with E-state index < -0.39 is 0 Å². The van der Waals surface area contributed by atoms with Crippen molar-refractivity contribution in [2.24, 2.45) is 5.92 Å². The summed E-state index contributed by atoms with van der Waals surface area (Å²) in [4.78, 5) is 15.9. The SMILES string of the molecule is CCc1nc(Cl)cc(=O)n1CC1CCC1. The summed E-state index contributed by atoms with van der Waals surface area (Å²) in [6.07, 6.45) is 4.51. The van der Waals surface area contributed by atoms with E-state index in [4.69, 9.17) is 11.6 Å². The third-order valence-corrected chi connectivity index (χ3v) is 3.23. The standard InChI is InChI=1S/C11H15ClN2O/c1-2-10-13-9(12)6-11(15)14(10)7-8-4-3-5-8/h6,8H,2-5,7H2,1H3. The number of hydrogen-bond donors (Lipinski definition) is 0. The Labute approximate surface area is 94.1 Å². The minimum atomic E-state index is -0.0150. The third-order valence-electron chi connectivity index (χ3n) is 3.04. The molecule has 0 aromatic carbocycles. The van der Waals surface area contributed by atoms with Crippen LogP contribution in [-0.4, -0.2) is 9.55 Å². The van der Waals surface area contributed by atoms with Crippen molar-refractivity contribution in [3.63, 3.8) is 0 Å². The number of rotatable bonds is 3. The Hall–Kier alpha value is -0.830. The molecule has 1 heterocycles. The first-order valence-corrected chi connectivity index (χ1v) is 5.84. The van der Waals surface area contributed by atoms with Crippen LogP contribution in [0.15, 0.2) is 10.9 Å². The van der Waals surface area contributed by atoms with Crippen LogP contribution in [0.5, 0.6) is 0 Å². The van der Waals surface area contributed by atoms with Gasteiger partial charge in [-0.3, -0.25) is 9.36 Å². The minimum Gasteiger partial charge on any atom is -0.296 e. The number of hydrogen-bond acceptors (Lipinski definition) is 2. The lowest BCUT2D eigenvalue weighted by Crippen LogP contribution is -2.29. The first kappa shape index (κ1) is 10.7. The van der Waals surface area contributed by atoms with Crippen molar-refractivity contribution in [2.75, 3.05) is 0 Å². The molecule has 3 nitrogen and oxygen atoms in total. The van der Waals surface area contributed by atoms with Gasteiger partial charge in [0.15, 0.2) is 0 Å². The summed E-state index contributed by atoms with van der Waals surface area (Å²) >= 11 is 5.76. The van der Waals surface area contributed by atoms with Gasteiger partial charge in [0.05, 0.1) is 0 Å². The predicted molar refractivity (Wildman–Crippen MR) is 60.2 cm³/mol. The molecule has 82 valence electrons. The average Bonchev–Trinajstić information content (AvgIpc) is 2.12. The van der Waals surface area contributed by atoms with E-state index in [1.54, 1.807) is 4.57 Å². The molecule has 1 aromatic heterocycles. The summed E-state index contributed by atoms with van der Waals surface area (Å²) in [5.74, 6) is 1.47. The van der Waals surface area contributed by atoms with E-state index in [1.165, 1.54) is 25.3 Å². The highest BCUT2D eigenvalue weighted by Gasteiger charge is 2.19. The lowest BCUT2D eigenvalue weighted by molar-refractivity contribution is 0.269. The van der Waals surface area contributed by atoms with Crippen molar-refractivity contribution in [1.29, 1.82) is 0 Å². The van der Waals surface area contributed by atoms with E-state index in [-0.39, 0.29) is 5.56 Å².